The van der Waals surface area contributed by atoms with Gasteiger partial charge in [0.2, 0.25) is 0 Å². The summed E-state index contributed by atoms with van der Waals surface area (Å²) in [7, 11) is 1.35. The Balaban J connectivity index is 0.000000121. The van der Waals surface area contributed by atoms with Crippen LogP contribution in [0.4, 0.5) is 54.3 Å². The molecule has 10 aromatic carbocycles. The van der Waals surface area contributed by atoms with Crippen LogP contribution in [0.1, 0.15) is 141 Å². The summed E-state index contributed by atoms with van der Waals surface area (Å²) in [5.74, 6) is -2.75. The highest BCUT2D eigenvalue weighted by Gasteiger charge is 2.43. The van der Waals surface area contributed by atoms with Crippen molar-refractivity contribution in [3.63, 3.8) is 0 Å². The topological polar surface area (TPSA) is 221 Å². The number of halogens is 15. The van der Waals surface area contributed by atoms with E-state index in [1.807, 2.05) is 91.0 Å². The maximum absolute atomic E-state index is 14.6. The van der Waals surface area contributed by atoms with Crippen LogP contribution in [0.25, 0.3) is 54.5 Å². The van der Waals surface area contributed by atoms with Gasteiger partial charge in [0, 0.05) is 157 Å². The van der Waals surface area contributed by atoms with Crippen LogP contribution >= 0.6 is 85.5 Å². The quantitative estimate of drug-likeness (QED) is 0.0456. The van der Waals surface area contributed by atoms with Gasteiger partial charge in [0.05, 0.1) is 31.3 Å². The van der Waals surface area contributed by atoms with Crippen molar-refractivity contribution in [1.82, 2.24) is 49.6 Å². The molecule has 0 aliphatic carbocycles. The van der Waals surface area contributed by atoms with E-state index < -0.39 is 83.5 Å². The van der Waals surface area contributed by atoms with E-state index >= 15 is 0 Å². The third kappa shape index (κ3) is 19.7. The lowest BCUT2D eigenvalue weighted by atomic mass is 9.92. The first kappa shape index (κ1) is 93.8. The maximum atomic E-state index is 14.6. The average Bonchev–Trinajstić information content (AvgIpc) is 1.60. The molecule has 5 aliphatic rings. The molecule has 684 valence electrons. The summed E-state index contributed by atoms with van der Waals surface area (Å²) in [6.07, 6.45) is -3.81. The fourth-order valence-electron chi connectivity index (χ4n) is 18.2. The van der Waals surface area contributed by atoms with Crippen LogP contribution in [0.3, 0.4) is 0 Å². The molecule has 6 N–H and O–H groups in total. The molecule has 10 heterocycles. The number of methoxy groups -OCH3 is 1. The standard InChI is InChI=1S/C22H20ClF3N2O2.C20H16Cl2F2N2O2.C20H17ClF2N2O2.C19H16ClFN2O2.C17H14BrClN2O/c1-12(2)30-21(29)28-9-8-16-17-11-15(23)6-7-18(17)27-19(16)20(28)13-4-3-5-14(10-13)22(24,25)26;21-4-6-28-20(27)26-5-3-15-16-9-12(22)1-2-17(16)25-18(15)19(26)11-7-13(23)10-14(24)8-11;1-2-27-20(26)25-8-7-13-14-9-11(21)3-6-17(14)24-18(13)19(25)15-10-12(22)4-5-16(15)23;1-25-19(24)23-8-7-14-15-10-12(20)5-6-16(15)22-17(14)18(23)11-3-2-4-13(21)9-11;18-11-3-6-15-14(9-11)13-7-8-21(22)17(16(13)20-15)10-1-4-12(19)5-2-10/h3-7,10-12,20,27H,8-9H2,1-2H3;1-2,7-10,19,25H,3-6H2;3-6,9-10,19,24H,2,7-8H2,1H3;2-6,9-10,18,22H,7-8H2,1H3;1-6,9,17,20,22H,7-8H2. The molecule has 5 aliphatic heterocycles. The number of aromatic amines is 5. The minimum atomic E-state index is -4.48. The maximum Gasteiger partial charge on any atom is 0.416 e. The molecular weight excluding hydrogens is 1910 g/mol. The first-order valence-electron chi connectivity index (χ1n) is 42.1. The summed E-state index contributed by atoms with van der Waals surface area (Å²) in [5, 5.41) is 19.9. The van der Waals surface area contributed by atoms with Crippen LogP contribution in [0.5, 0.6) is 0 Å². The van der Waals surface area contributed by atoms with E-state index in [1.54, 1.807) is 56.0 Å². The summed E-state index contributed by atoms with van der Waals surface area (Å²) in [5.41, 5.74) is 15.5. The van der Waals surface area contributed by atoms with Crippen molar-refractivity contribution < 1.29 is 78.5 Å². The predicted octanol–water partition coefficient (Wildman–Crippen LogP) is 26.6. The number of carbonyl (C=O) groups excluding carboxylic acids is 4. The van der Waals surface area contributed by atoms with Crippen LogP contribution in [0, 0.1) is 29.1 Å². The van der Waals surface area contributed by atoms with Gasteiger partial charge in [-0.1, -0.05) is 110 Å². The zero-order valence-corrected chi connectivity index (χ0v) is 76.9. The van der Waals surface area contributed by atoms with Gasteiger partial charge in [-0.15, -0.1) is 11.6 Å². The van der Waals surface area contributed by atoms with E-state index in [2.05, 4.69) is 53.0 Å². The first-order valence-corrected chi connectivity index (χ1v) is 45.3. The highest BCUT2D eigenvalue weighted by Crippen LogP contribution is 2.47. The van der Waals surface area contributed by atoms with E-state index in [-0.39, 0.29) is 42.6 Å². The molecule has 5 atom stereocenters. The van der Waals surface area contributed by atoms with E-state index in [0.717, 1.165) is 136 Å². The summed E-state index contributed by atoms with van der Waals surface area (Å²) >= 11 is 39.7. The lowest BCUT2D eigenvalue weighted by Crippen LogP contribution is -2.41. The molecule has 20 rings (SSSR count). The third-order valence-electron chi connectivity index (χ3n) is 23.8. The van der Waals surface area contributed by atoms with Gasteiger partial charge in [0.15, 0.2) is 0 Å². The van der Waals surface area contributed by atoms with Gasteiger partial charge >= 0.3 is 30.5 Å². The van der Waals surface area contributed by atoms with Crippen molar-refractivity contribution in [3.05, 3.63) is 349 Å². The number of H-pyrrole nitrogens is 5. The molecule has 0 fully saturated rings. The predicted molar refractivity (Wildman–Crippen MR) is 497 cm³/mol. The Morgan fingerprint density at radius 3 is 1.28 bits per heavy atom. The van der Waals surface area contributed by atoms with Crippen molar-refractivity contribution in [3.8, 4) is 0 Å². The van der Waals surface area contributed by atoms with Gasteiger partial charge in [-0.2, -0.15) is 18.2 Å². The lowest BCUT2D eigenvalue weighted by molar-refractivity contribution is -0.137. The number of ether oxygens (including phenoxy) is 4. The fourth-order valence-corrected chi connectivity index (χ4v) is 19.5. The molecule has 19 nitrogen and oxygen atoms in total. The molecule has 0 bridgehead atoms. The number of nitrogens with one attached hydrogen (secondary N) is 5. The van der Waals surface area contributed by atoms with Crippen LogP contribution < -0.4 is 0 Å². The van der Waals surface area contributed by atoms with Crippen molar-refractivity contribution in [2.75, 3.05) is 58.9 Å². The second-order valence-corrected chi connectivity index (χ2v) is 35.7. The highest BCUT2D eigenvalue weighted by molar-refractivity contribution is 9.10. The Kier molecular flexibility index (Phi) is 28.3. The number of alkyl halides is 4. The van der Waals surface area contributed by atoms with Gasteiger partial charge in [0.25, 0.3) is 0 Å². The number of hydrogen-bond acceptors (Lipinski definition) is 10. The van der Waals surface area contributed by atoms with E-state index in [0.29, 0.717) is 117 Å². The summed E-state index contributed by atoms with van der Waals surface area (Å²) in [6, 6.07) is 50.8. The van der Waals surface area contributed by atoms with Crippen molar-refractivity contribution in [2.45, 2.75) is 95.4 Å². The number of benzene rings is 10. The Morgan fingerprint density at radius 1 is 0.424 bits per heavy atom. The van der Waals surface area contributed by atoms with Gasteiger partial charge in [0.1, 0.15) is 65.9 Å². The smallest absolute Gasteiger partial charge is 0.416 e. The summed E-state index contributed by atoms with van der Waals surface area (Å²) in [6.45, 7) is 7.49. The van der Waals surface area contributed by atoms with Crippen molar-refractivity contribution in [1.29, 1.82) is 0 Å². The molecule has 5 unspecified atom stereocenters. The number of fused-ring (bicyclic) bond motifs is 15. The van der Waals surface area contributed by atoms with Gasteiger partial charge in [-0.25, -0.2) is 41.1 Å². The molecule has 4 amide bonds. The average molecular weight is 1990 g/mol. The highest BCUT2D eigenvalue weighted by atomic mass is 79.9. The molecule has 132 heavy (non-hydrogen) atoms. The number of amides is 4. The fraction of sp³-hybridized carbons (Fsp3) is 0.245. The molecule has 0 spiro atoms. The van der Waals surface area contributed by atoms with E-state index in [1.165, 1.54) is 68.2 Å². The number of aromatic nitrogens is 5. The monoisotopic (exact) mass is 1980 g/mol. The van der Waals surface area contributed by atoms with Crippen LogP contribution in [-0.2, 0) is 57.2 Å². The normalized spacial score (nSPS) is 16.9. The van der Waals surface area contributed by atoms with Crippen molar-refractivity contribution >= 4 is 164 Å². The molecule has 0 saturated heterocycles. The summed E-state index contributed by atoms with van der Waals surface area (Å²) < 4.78 is 132. The Hall–Kier alpha value is -11.4. The number of rotatable bonds is 9. The van der Waals surface area contributed by atoms with Crippen molar-refractivity contribution in [2.24, 2.45) is 0 Å². The zero-order chi connectivity index (χ0) is 93.4. The molecule has 15 aromatic rings. The first-order chi connectivity index (χ1) is 63.3. The second-order valence-electron chi connectivity index (χ2n) is 32.2. The van der Waals surface area contributed by atoms with Gasteiger partial charge in [-0.05, 0) is 261 Å². The largest absolute Gasteiger partial charge is 0.453 e. The molecule has 5 aromatic heterocycles. The number of hydroxylamine groups is 2. The van der Waals surface area contributed by atoms with Crippen LogP contribution in [-0.4, -0.2) is 144 Å². The minimum Gasteiger partial charge on any atom is -0.453 e. The second kappa shape index (κ2) is 39.8. The zero-order valence-electron chi connectivity index (χ0n) is 70.8. The number of nitrogens with zero attached hydrogens (tertiary/aromatic N) is 5. The SMILES string of the molecule is CC(C)OC(=O)N1CCc2c([nH]c3ccc(Cl)cc23)C1c1cccc(C(F)(F)F)c1.CCOC(=O)N1CCc2c([nH]c3ccc(Cl)cc23)C1c1cc(F)ccc1F.COC(=O)N1CCc2c([nH]c3ccc(Cl)cc23)C1c1cccc(F)c1.O=C(OCCCl)N1CCc2c([nH]c3ccc(Cl)cc23)C1c1cc(F)cc(F)c1.ON1CCc2c([nH]c3ccc(Br)cc23)C1c1ccc(Cl)cc1. The van der Waals surface area contributed by atoms with Crippen LogP contribution in [0.15, 0.2) is 205 Å². The molecule has 34 heteroatoms. The minimum absolute atomic E-state index is 0.0519. The molecule has 0 radical (unpaired) electrons. The Morgan fingerprint density at radius 2 is 0.818 bits per heavy atom. The lowest BCUT2D eigenvalue weighted by Gasteiger charge is -2.36. The Labute approximate surface area is 789 Å². The van der Waals surface area contributed by atoms with E-state index in [4.69, 9.17) is 88.6 Å². The molecular formula is C98H83BrCl6F8N10O9. The van der Waals surface area contributed by atoms with Crippen LogP contribution in [0.2, 0.25) is 25.1 Å². The third-order valence-corrected chi connectivity index (χ3v) is 25.6. The summed E-state index contributed by atoms with van der Waals surface area (Å²) in [4.78, 5) is 72.9. The Bertz CT molecular complexity index is 6870. The van der Waals surface area contributed by atoms with Gasteiger partial charge in [-0.3, -0.25) is 19.6 Å². The number of hydrogen-bond donors (Lipinski definition) is 6. The number of carbonyl (C=O) groups is 4. The van der Waals surface area contributed by atoms with E-state index in [9.17, 15) is 59.5 Å². The molecule has 0 saturated carbocycles. The van der Waals surface area contributed by atoms with Gasteiger partial charge < -0.3 is 49.1 Å².